The second kappa shape index (κ2) is 61.1. The maximum atomic E-state index is 10.5. The van der Waals surface area contributed by atoms with Crippen LogP contribution in [0, 0.1) is 0 Å². The molecular formula is C63H124O4. The molecule has 0 aliphatic carbocycles. The van der Waals surface area contributed by atoms with Crippen molar-refractivity contribution in [3.05, 3.63) is 0 Å². The first-order valence-electron chi connectivity index (χ1n) is 31.6. The van der Waals surface area contributed by atoms with E-state index >= 15 is 0 Å². The number of rotatable bonds is 62. The molecule has 4 heteroatoms. The highest BCUT2D eigenvalue weighted by Gasteiger charge is 2.01. The van der Waals surface area contributed by atoms with E-state index < -0.39 is 11.9 Å². The summed E-state index contributed by atoms with van der Waals surface area (Å²) < 4.78 is 0. The fourth-order valence-corrected chi connectivity index (χ4v) is 10.6. The molecule has 0 aliphatic heterocycles. The van der Waals surface area contributed by atoms with Crippen molar-refractivity contribution in [1.82, 2.24) is 0 Å². The van der Waals surface area contributed by atoms with Crippen LogP contribution in [-0.2, 0) is 9.59 Å². The predicted octanol–water partition coefficient (Wildman–Crippen LogP) is 23.0. The van der Waals surface area contributed by atoms with E-state index in [1.54, 1.807) is 0 Å². The molecule has 0 aromatic rings. The lowest BCUT2D eigenvalue weighted by molar-refractivity contribution is -0.138. The predicted molar refractivity (Wildman–Crippen MR) is 297 cm³/mol. The van der Waals surface area contributed by atoms with Gasteiger partial charge in [0.1, 0.15) is 0 Å². The second-order valence-electron chi connectivity index (χ2n) is 22.1. The van der Waals surface area contributed by atoms with Crippen molar-refractivity contribution in [2.24, 2.45) is 0 Å². The van der Waals surface area contributed by atoms with Crippen molar-refractivity contribution in [2.45, 2.75) is 392 Å². The molecule has 0 radical (unpaired) electrons. The minimum atomic E-state index is -0.648. The summed E-state index contributed by atoms with van der Waals surface area (Å²) in [6, 6.07) is 0. The first kappa shape index (κ1) is 65.9. The van der Waals surface area contributed by atoms with Gasteiger partial charge in [0.2, 0.25) is 0 Å². The maximum Gasteiger partial charge on any atom is 0.303 e. The summed E-state index contributed by atoms with van der Waals surface area (Å²) in [4.78, 5) is 21.1. The molecule has 67 heavy (non-hydrogen) atoms. The standard InChI is InChI=1S/C63H124O4/c64-62(65)60-58-56-54-52-50-48-46-44-42-40-38-36-34-32-30-28-26-24-22-20-18-16-14-12-10-8-6-4-2-1-3-5-7-9-11-13-15-17-19-21-23-25-27-29-31-33-35-37-39-41-43-45-47-49-51-53-55-57-59-61-63(66)67/h1-61H2,(H,64,65)(H,66,67). The first-order valence-corrected chi connectivity index (χ1v) is 31.6. The van der Waals surface area contributed by atoms with Crippen LogP contribution >= 0.6 is 0 Å². The average molecular weight is 946 g/mol. The smallest absolute Gasteiger partial charge is 0.303 e. The zero-order chi connectivity index (χ0) is 48.3. The molecule has 0 aromatic carbocycles. The largest absolute Gasteiger partial charge is 0.481 e. The third kappa shape index (κ3) is 64.9. The van der Waals surface area contributed by atoms with Gasteiger partial charge in [0.25, 0.3) is 0 Å². The summed E-state index contributed by atoms with van der Waals surface area (Å²) in [5, 5.41) is 17.4. The third-order valence-corrected chi connectivity index (χ3v) is 15.3. The Balaban J connectivity index is 3.07. The molecule has 400 valence electrons. The van der Waals surface area contributed by atoms with Crippen LogP contribution in [0.4, 0.5) is 0 Å². The van der Waals surface area contributed by atoms with Gasteiger partial charge < -0.3 is 10.2 Å². The maximum absolute atomic E-state index is 10.5. The fraction of sp³-hybridized carbons (Fsp3) is 0.968. The van der Waals surface area contributed by atoms with Crippen molar-refractivity contribution in [3.63, 3.8) is 0 Å². The van der Waals surface area contributed by atoms with Crippen LogP contribution in [0.3, 0.4) is 0 Å². The van der Waals surface area contributed by atoms with Gasteiger partial charge in [-0.3, -0.25) is 9.59 Å². The van der Waals surface area contributed by atoms with Gasteiger partial charge in [-0.15, -0.1) is 0 Å². The Bertz CT molecular complexity index is 846. The molecule has 2 N–H and O–H groups in total. The summed E-state index contributed by atoms with van der Waals surface area (Å²) >= 11 is 0. The molecule has 0 heterocycles. The van der Waals surface area contributed by atoms with Gasteiger partial charge in [-0.2, -0.15) is 0 Å². The molecule has 0 aliphatic rings. The Labute approximate surface area is 421 Å². The highest BCUT2D eigenvalue weighted by Crippen LogP contribution is 2.20. The third-order valence-electron chi connectivity index (χ3n) is 15.3. The Kier molecular flexibility index (Phi) is 60.1. The first-order chi connectivity index (χ1) is 33.1. The van der Waals surface area contributed by atoms with E-state index in [1.807, 2.05) is 0 Å². The van der Waals surface area contributed by atoms with Gasteiger partial charge in [-0.25, -0.2) is 0 Å². The van der Waals surface area contributed by atoms with Crippen LogP contribution in [0.1, 0.15) is 392 Å². The average Bonchev–Trinajstić information content (AvgIpc) is 3.31. The normalized spacial score (nSPS) is 11.6. The number of hydrogen-bond acceptors (Lipinski definition) is 2. The number of hydrogen-bond donors (Lipinski definition) is 2. The van der Waals surface area contributed by atoms with Crippen LogP contribution in [0.25, 0.3) is 0 Å². The zero-order valence-electron chi connectivity index (χ0n) is 45.8. The van der Waals surface area contributed by atoms with Gasteiger partial charge in [0.05, 0.1) is 0 Å². The van der Waals surface area contributed by atoms with E-state index in [0.717, 1.165) is 25.7 Å². The van der Waals surface area contributed by atoms with Crippen LogP contribution in [0.5, 0.6) is 0 Å². The number of unbranched alkanes of at least 4 members (excludes halogenated alkanes) is 58. The monoisotopic (exact) mass is 945 g/mol. The number of carbonyl (C=O) groups is 2. The van der Waals surface area contributed by atoms with Gasteiger partial charge in [0, 0.05) is 12.8 Å². The molecule has 0 saturated carbocycles. The SMILES string of the molecule is O=C(O)CCCCCCCCCCCCCCCCCCCCCCCCCCCCCCCCCCCCCCCCCCCCCCCCCCCCCCCCCCCCCC(=O)O. The molecule has 0 rings (SSSR count). The quantitative estimate of drug-likeness (QED) is 0.0596. The lowest BCUT2D eigenvalue weighted by Crippen LogP contribution is -1.93. The highest BCUT2D eigenvalue weighted by molar-refractivity contribution is 5.66. The molecular weight excluding hydrogens is 821 g/mol. The molecule has 0 atom stereocenters. The summed E-state index contributed by atoms with van der Waals surface area (Å²) in [7, 11) is 0. The van der Waals surface area contributed by atoms with E-state index in [9.17, 15) is 9.59 Å². The molecule has 0 unspecified atom stereocenters. The molecule has 0 amide bonds. The van der Waals surface area contributed by atoms with Crippen LogP contribution in [0.2, 0.25) is 0 Å². The molecule has 0 aromatic heterocycles. The Morgan fingerprint density at radius 1 is 0.134 bits per heavy atom. The van der Waals surface area contributed by atoms with Gasteiger partial charge in [-0.1, -0.05) is 366 Å². The molecule has 0 bridgehead atoms. The van der Waals surface area contributed by atoms with Crippen molar-refractivity contribution in [3.8, 4) is 0 Å². The van der Waals surface area contributed by atoms with Gasteiger partial charge >= 0.3 is 11.9 Å². The lowest BCUT2D eigenvalue weighted by Gasteiger charge is -2.05. The Hall–Kier alpha value is -1.06. The van der Waals surface area contributed by atoms with Crippen LogP contribution in [0.15, 0.2) is 0 Å². The summed E-state index contributed by atoms with van der Waals surface area (Å²) in [6.45, 7) is 0. The molecule has 0 saturated heterocycles. The van der Waals surface area contributed by atoms with E-state index in [0.29, 0.717) is 12.8 Å². The van der Waals surface area contributed by atoms with E-state index in [-0.39, 0.29) is 0 Å². The van der Waals surface area contributed by atoms with Gasteiger partial charge in [0.15, 0.2) is 0 Å². The Morgan fingerprint density at radius 2 is 0.194 bits per heavy atom. The van der Waals surface area contributed by atoms with Crippen molar-refractivity contribution >= 4 is 11.9 Å². The minimum Gasteiger partial charge on any atom is -0.481 e. The second-order valence-corrected chi connectivity index (χ2v) is 22.1. The highest BCUT2D eigenvalue weighted by atomic mass is 16.4. The van der Waals surface area contributed by atoms with Crippen LogP contribution in [-0.4, -0.2) is 22.2 Å². The molecule has 0 fully saturated rings. The number of aliphatic carboxylic acids is 2. The zero-order valence-corrected chi connectivity index (χ0v) is 45.8. The van der Waals surface area contributed by atoms with E-state index in [2.05, 4.69) is 0 Å². The van der Waals surface area contributed by atoms with Gasteiger partial charge in [-0.05, 0) is 12.8 Å². The van der Waals surface area contributed by atoms with Crippen molar-refractivity contribution in [2.75, 3.05) is 0 Å². The number of carboxylic acids is 2. The number of carboxylic acid groups (broad SMARTS) is 2. The van der Waals surface area contributed by atoms with E-state index in [4.69, 9.17) is 10.2 Å². The van der Waals surface area contributed by atoms with Crippen LogP contribution < -0.4 is 0 Å². The van der Waals surface area contributed by atoms with Crippen molar-refractivity contribution in [1.29, 1.82) is 0 Å². The summed E-state index contributed by atoms with van der Waals surface area (Å²) in [6.07, 6.45) is 83.7. The lowest BCUT2D eigenvalue weighted by atomic mass is 10.0. The summed E-state index contributed by atoms with van der Waals surface area (Å²) in [5.74, 6) is -1.30. The molecule has 4 nitrogen and oxygen atoms in total. The summed E-state index contributed by atoms with van der Waals surface area (Å²) in [5.41, 5.74) is 0. The topological polar surface area (TPSA) is 74.6 Å². The minimum absolute atomic E-state index is 0.345. The van der Waals surface area contributed by atoms with E-state index in [1.165, 1.54) is 353 Å². The molecule has 0 spiro atoms. The fourth-order valence-electron chi connectivity index (χ4n) is 10.6. The van der Waals surface area contributed by atoms with Crippen molar-refractivity contribution < 1.29 is 19.8 Å². The Morgan fingerprint density at radius 3 is 0.254 bits per heavy atom.